The van der Waals surface area contributed by atoms with Crippen molar-refractivity contribution in [2.45, 2.75) is 58.1 Å². The molecule has 0 bridgehead atoms. The quantitative estimate of drug-likeness (QED) is 0.525. The van der Waals surface area contributed by atoms with Crippen molar-refractivity contribution in [3.05, 3.63) is 35.9 Å². The van der Waals surface area contributed by atoms with Crippen LogP contribution in [-0.4, -0.2) is 60.3 Å². The van der Waals surface area contributed by atoms with Gasteiger partial charge in [0.25, 0.3) is 0 Å². The highest BCUT2D eigenvalue weighted by atomic mass is 16.7. The normalized spacial score (nSPS) is 26.9. The lowest BCUT2D eigenvalue weighted by molar-refractivity contribution is -0.301. The zero-order valence-electron chi connectivity index (χ0n) is 15.9. The maximum absolute atomic E-state index is 11.6. The van der Waals surface area contributed by atoms with Crippen molar-refractivity contribution in [3.63, 3.8) is 0 Å². The van der Waals surface area contributed by atoms with E-state index in [1.807, 2.05) is 30.3 Å². The number of ether oxygens (including phenoxy) is 5. The average Bonchev–Trinajstić information content (AvgIpc) is 2.62. The molecule has 1 aromatic carbocycles. The van der Waals surface area contributed by atoms with Gasteiger partial charge in [-0.25, -0.2) is 0 Å². The van der Waals surface area contributed by atoms with Crippen molar-refractivity contribution in [2.24, 2.45) is 0 Å². The molecule has 0 saturated carbocycles. The van der Waals surface area contributed by atoms with Crippen molar-refractivity contribution in [3.8, 4) is 0 Å². The van der Waals surface area contributed by atoms with Crippen molar-refractivity contribution in [1.29, 1.82) is 0 Å². The highest BCUT2D eigenvalue weighted by Gasteiger charge is 2.50. The fourth-order valence-electron chi connectivity index (χ4n) is 2.84. The van der Waals surface area contributed by atoms with E-state index >= 15 is 0 Å². The second-order valence-electron chi connectivity index (χ2n) is 6.28. The van der Waals surface area contributed by atoms with Gasteiger partial charge < -0.3 is 28.8 Å². The summed E-state index contributed by atoms with van der Waals surface area (Å²) in [7, 11) is 0. The molecule has 0 spiro atoms. The number of hydrogen-bond acceptors (Lipinski definition) is 9. The summed E-state index contributed by atoms with van der Waals surface area (Å²) in [4.78, 5) is 34.2. The van der Waals surface area contributed by atoms with Gasteiger partial charge in [-0.05, 0) is 5.56 Å². The summed E-state index contributed by atoms with van der Waals surface area (Å²) in [6.45, 7) is 3.46. The lowest BCUT2D eigenvalue weighted by Gasteiger charge is -2.43. The molecule has 1 heterocycles. The van der Waals surface area contributed by atoms with E-state index in [1.54, 1.807) is 0 Å². The Kier molecular flexibility index (Phi) is 7.91. The van der Waals surface area contributed by atoms with Crippen molar-refractivity contribution < 1.29 is 43.2 Å². The molecule has 1 unspecified atom stereocenters. The van der Waals surface area contributed by atoms with Crippen LogP contribution in [0.4, 0.5) is 0 Å². The summed E-state index contributed by atoms with van der Waals surface area (Å²) in [6.07, 6.45) is -5.95. The van der Waals surface area contributed by atoms with Gasteiger partial charge in [0.15, 0.2) is 18.5 Å². The number of rotatable bonds is 7. The molecular weight excluding hydrogens is 372 g/mol. The first-order valence-corrected chi connectivity index (χ1v) is 8.74. The molecule has 154 valence electrons. The van der Waals surface area contributed by atoms with Crippen LogP contribution < -0.4 is 0 Å². The Morgan fingerprint density at radius 3 is 2.11 bits per heavy atom. The average molecular weight is 396 g/mol. The van der Waals surface area contributed by atoms with Crippen LogP contribution in [0.25, 0.3) is 0 Å². The van der Waals surface area contributed by atoms with Crippen molar-refractivity contribution in [2.75, 3.05) is 6.61 Å². The Balaban J connectivity index is 2.26. The monoisotopic (exact) mass is 396 g/mol. The van der Waals surface area contributed by atoms with Gasteiger partial charge in [0.05, 0.1) is 6.61 Å². The van der Waals surface area contributed by atoms with E-state index in [1.165, 1.54) is 13.8 Å². The highest BCUT2D eigenvalue weighted by molar-refractivity contribution is 5.67. The van der Waals surface area contributed by atoms with E-state index in [-0.39, 0.29) is 13.2 Å². The van der Waals surface area contributed by atoms with Gasteiger partial charge in [-0.1, -0.05) is 30.3 Å². The standard InChI is InChI=1S/C19H24O9/c1-11(20)24-10-15-16(25-9-14-7-5-4-6-8-14)17(26-12(2)21)18(19(23)28-15)27-13(3)22/h4-8,15-19,23H,9-10H2,1-3H3/t15-,16-,17+,18+,19?/m0/s1. The fraction of sp³-hybridized carbons (Fsp3) is 0.526. The number of benzene rings is 1. The minimum atomic E-state index is -1.59. The van der Waals surface area contributed by atoms with Crippen LogP contribution in [0.15, 0.2) is 30.3 Å². The SMILES string of the molecule is CC(=O)OC[C@@H]1OC(O)[C@H](OC(C)=O)[C@H](OC(C)=O)[C@H]1OCc1ccccc1. The van der Waals surface area contributed by atoms with Gasteiger partial charge in [-0.2, -0.15) is 0 Å². The molecule has 28 heavy (non-hydrogen) atoms. The van der Waals surface area contributed by atoms with Gasteiger partial charge in [0, 0.05) is 20.8 Å². The first-order chi connectivity index (χ1) is 13.3. The maximum Gasteiger partial charge on any atom is 0.303 e. The molecule has 0 aliphatic carbocycles. The van der Waals surface area contributed by atoms with Gasteiger partial charge in [-0.3, -0.25) is 14.4 Å². The van der Waals surface area contributed by atoms with E-state index in [0.717, 1.165) is 12.5 Å². The van der Waals surface area contributed by atoms with Gasteiger partial charge >= 0.3 is 17.9 Å². The highest BCUT2D eigenvalue weighted by Crippen LogP contribution is 2.28. The number of aliphatic hydroxyl groups is 1. The maximum atomic E-state index is 11.6. The van der Waals surface area contributed by atoms with E-state index in [9.17, 15) is 19.5 Å². The van der Waals surface area contributed by atoms with Crippen LogP contribution in [0.5, 0.6) is 0 Å². The van der Waals surface area contributed by atoms with Crippen LogP contribution in [0.3, 0.4) is 0 Å². The molecule has 1 saturated heterocycles. The third-order valence-corrected chi connectivity index (χ3v) is 3.95. The number of carbonyl (C=O) groups is 3. The summed E-state index contributed by atoms with van der Waals surface area (Å²) in [5.41, 5.74) is 0.838. The minimum absolute atomic E-state index is 0.131. The Labute approximate surface area is 162 Å². The Hall–Kier alpha value is -2.49. The summed E-state index contributed by atoms with van der Waals surface area (Å²) in [5.74, 6) is -1.90. The number of hydrogen-bond donors (Lipinski definition) is 1. The summed E-state index contributed by atoms with van der Waals surface area (Å²) < 4.78 is 26.7. The Morgan fingerprint density at radius 2 is 1.54 bits per heavy atom. The second-order valence-corrected chi connectivity index (χ2v) is 6.28. The van der Waals surface area contributed by atoms with Crippen LogP contribution >= 0.6 is 0 Å². The van der Waals surface area contributed by atoms with E-state index in [4.69, 9.17) is 23.7 Å². The van der Waals surface area contributed by atoms with Crippen LogP contribution in [0, 0.1) is 0 Å². The molecule has 1 aromatic rings. The molecule has 0 aromatic heterocycles. The first-order valence-electron chi connectivity index (χ1n) is 8.74. The number of esters is 3. The topological polar surface area (TPSA) is 118 Å². The van der Waals surface area contributed by atoms with E-state index in [2.05, 4.69) is 0 Å². The molecule has 0 radical (unpaired) electrons. The first kappa shape index (κ1) is 21.8. The smallest absolute Gasteiger partial charge is 0.303 e. The molecular formula is C19H24O9. The third kappa shape index (κ3) is 6.29. The van der Waals surface area contributed by atoms with Crippen molar-refractivity contribution in [1.82, 2.24) is 0 Å². The van der Waals surface area contributed by atoms with Crippen molar-refractivity contribution >= 4 is 17.9 Å². The van der Waals surface area contributed by atoms with Crippen LogP contribution in [0.2, 0.25) is 0 Å². The molecule has 9 nitrogen and oxygen atoms in total. The number of carbonyl (C=O) groups excluding carboxylic acids is 3. The predicted molar refractivity (Wildman–Crippen MR) is 93.6 cm³/mol. The molecule has 5 atom stereocenters. The summed E-state index contributed by atoms with van der Waals surface area (Å²) in [6, 6.07) is 9.20. The molecule has 1 aliphatic heterocycles. The Bertz CT molecular complexity index is 675. The van der Waals surface area contributed by atoms with E-state index in [0.29, 0.717) is 0 Å². The summed E-state index contributed by atoms with van der Waals surface area (Å²) in [5, 5.41) is 10.3. The third-order valence-electron chi connectivity index (χ3n) is 3.95. The molecule has 1 fully saturated rings. The zero-order chi connectivity index (χ0) is 20.7. The predicted octanol–water partition coefficient (Wildman–Crippen LogP) is 0.716. The van der Waals surface area contributed by atoms with E-state index < -0.39 is 48.6 Å². The zero-order valence-corrected chi connectivity index (χ0v) is 15.9. The second kappa shape index (κ2) is 10.2. The minimum Gasteiger partial charge on any atom is -0.463 e. The molecule has 9 heteroatoms. The van der Waals surface area contributed by atoms with Gasteiger partial charge in [0.1, 0.15) is 18.8 Å². The van der Waals surface area contributed by atoms with Crippen LogP contribution in [-0.2, 0) is 44.7 Å². The molecule has 1 aliphatic rings. The lowest BCUT2D eigenvalue weighted by Crippen LogP contribution is -2.62. The largest absolute Gasteiger partial charge is 0.463 e. The molecule has 0 amide bonds. The Morgan fingerprint density at radius 1 is 0.929 bits per heavy atom. The lowest BCUT2D eigenvalue weighted by atomic mass is 9.98. The fourth-order valence-corrected chi connectivity index (χ4v) is 2.84. The molecule has 2 rings (SSSR count). The summed E-state index contributed by atoms with van der Waals surface area (Å²) >= 11 is 0. The van der Waals surface area contributed by atoms with Gasteiger partial charge in [-0.15, -0.1) is 0 Å². The molecule has 1 N–H and O–H groups in total. The van der Waals surface area contributed by atoms with Gasteiger partial charge in [0.2, 0.25) is 0 Å². The van der Waals surface area contributed by atoms with Crippen LogP contribution in [0.1, 0.15) is 26.3 Å². The number of aliphatic hydroxyl groups excluding tert-OH is 1.